The maximum Gasteiger partial charge on any atom is 3.00 e. The van der Waals surface area contributed by atoms with Gasteiger partial charge in [-0.3, -0.25) is 25.3 Å². The molecule has 0 bridgehead atoms. The van der Waals surface area contributed by atoms with Gasteiger partial charge in [0, 0.05) is 31.2 Å². The van der Waals surface area contributed by atoms with Crippen molar-refractivity contribution in [2.24, 2.45) is 0 Å². The molecule has 0 saturated carbocycles. The number of hydrogen-bond acceptors (Lipinski definition) is 12. The molecule has 2 N–H and O–H groups in total. The standard InChI is InChI=1S/2Eu.3H2O4S.H2O/c;;3*1-5(2,3)4;/h;;3*(H2,1,2,3,4);1H2/q2*+3;;;;/p-6. The fraction of sp³-hybridized carbons (Fsp3) is 0. The molecule has 0 unspecified atom stereocenters. The van der Waals surface area contributed by atoms with Crippen molar-refractivity contribution in [1.29, 1.82) is 0 Å². The quantitative estimate of drug-likeness (QED) is 0.185. The van der Waals surface area contributed by atoms with Gasteiger partial charge in [0.2, 0.25) is 0 Å². The zero-order valence-corrected chi connectivity index (χ0v) is 14.7. The predicted molar refractivity (Wildman–Crippen MR) is 35.0 cm³/mol. The van der Waals surface area contributed by atoms with Crippen LogP contribution in [0, 0.1) is 98.8 Å². The molecule has 0 aromatic rings. The Kier molecular flexibility index (Phi) is 33.3. The van der Waals surface area contributed by atoms with Crippen LogP contribution in [0.3, 0.4) is 0 Å². The van der Waals surface area contributed by atoms with E-state index in [9.17, 15) is 0 Å². The molecule has 0 aliphatic heterocycles. The Bertz CT molecular complexity index is 341. The van der Waals surface area contributed by atoms with Gasteiger partial charge in [-0.2, -0.15) is 0 Å². The number of hydrogen-bond donors (Lipinski definition) is 0. The number of rotatable bonds is 0. The van der Waals surface area contributed by atoms with Crippen LogP contribution in [0.1, 0.15) is 0 Å². The smallest absolute Gasteiger partial charge is 0.759 e. The zero-order chi connectivity index (χ0) is 13.5. The van der Waals surface area contributed by atoms with Gasteiger partial charge in [-0.05, 0) is 0 Å². The van der Waals surface area contributed by atoms with E-state index in [0.717, 1.165) is 0 Å². The first-order valence-electron chi connectivity index (χ1n) is 2.00. The van der Waals surface area contributed by atoms with Crippen molar-refractivity contribution in [3.63, 3.8) is 0 Å². The van der Waals surface area contributed by atoms with Gasteiger partial charge in [-0.15, -0.1) is 0 Å². The summed E-state index contributed by atoms with van der Waals surface area (Å²) >= 11 is 0. The van der Waals surface area contributed by atoms with Crippen molar-refractivity contribution >= 4 is 31.2 Å². The molecule has 0 rings (SSSR count). The van der Waals surface area contributed by atoms with Crippen molar-refractivity contribution in [3.05, 3.63) is 0 Å². The summed E-state index contributed by atoms with van der Waals surface area (Å²) in [6, 6.07) is 0. The van der Waals surface area contributed by atoms with Crippen LogP contribution >= 0.6 is 0 Å². The normalized spacial score (nSPS) is 9.67. The van der Waals surface area contributed by atoms with E-state index in [2.05, 4.69) is 0 Å². The summed E-state index contributed by atoms with van der Waals surface area (Å²) in [5, 5.41) is 0. The second-order valence-electron chi connectivity index (χ2n) is 1.22. The Hall–Kier alpha value is 2.74. The van der Waals surface area contributed by atoms with E-state index in [-0.39, 0.29) is 104 Å². The minimum Gasteiger partial charge on any atom is -0.759 e. The molecule has 0 aromatic carbocycles. The van der Waals surface area contributed by atoms with E-state index in [1.54, 1.807) is 0 Å². The van der Waals surface area contributed by atoms with Crippen molar-refractivity contribution in [3.8, 4) is 0 Å². The van der Waals surface area contributed by atoms with Crippen LogP contribution in [0.2, 0.25) is 0 Å². The van der Waals surface area contributed by atoms with Crippen molar-refractivity contribution in [1.82, 2.24) is 0 Å². The molecule has 0 radical (unpaired) electrons. The third kappa shape index (κ3) is 786. The molecular weight excluding hydrogens is 608 g/mol. The second kappa shape index (κ2) is 16.1. The Morgan fingerprint density at radius 3 is 0.444 bits per heavy atom. The molecule has 0 aromatic heterocycles. The minimum absolute atomic E-state index is 0. The molecule has 0 atom stereocenters. The summed E-state index contributed by atoms with van der Waals surface area (Å²) in [5.41, 5.74) is 0. The molecule has 0 spiro atoms. The van der Waals surface area contributed by atoms with E-state index < -0.39 is 31.2 Å². The van der Waals surface area contributed by atoms with Gasteiger partial charge in [0.05, 0.1) is 0 Å². The molecule has 0 heterocycles. The van der Waals surface area contributed by atoms with Crippen LogP contribution in [0.25, 0.3) is 0 Å². The first-order valence-corrected chi connectivity index (χ1v) is 6.00. The largest absolute Gasteiger partial charge is 3.00 e. The maximum atomic E-state index is 8.52. The van der Waals surface area contributed by atoms with Gasteiger partial charge in [-0.25, -0.2) is 0 Å². The minimum atomic E-state index is -5.17. The summed E-state index contributed by atoms with van der Waals surface area (Å²) < 4.78 is 102. The molecule has 0 aliphatic rings. The fourth-order valence-corrected chi connectivity index (χ4v) is 0. The third-order valence-electron chi connectivity index (χ3n) is 0. The molecule has 0 saturated heterocycles. The topological polar surface area (TPSA) is 272 Å². The van der Waals surface area contributed by atoms with Crippen LogP contribution in [0.5, 0.6) is 0 Å². The summed E-state index contributed by atoms with van der Waals surface area (Å²) in [6.07, 6.45) is 0. The van der Waals surface area contributed by atoms with Crippen LogP contribution in [-0.4, -0.2) is 58.0 Å². The van der Waals surface area contributed by atoms with Gasteiger partial charge in [-0.1, -0.05) is 0 Å². The first-order chi connectivity index (χ1) is 6.00. The maximum absolute atomic E-state index is 8.52. The molecular formula is H2Eu2O13S3. The molecule has 13 nitrogen and oxygen atoms in total. The molecule has 0 fully saturated rings. The van der Waals surface area contributed by atoms with E-state index in [1.165, 1.54) is 0 Å². The van der Waals surface area contributed by atoms with E-state index in [0.29, 0.717) is 0 Å². The molecule has 18 heavy (non-hydrogen) atoms. The van der Waals surface area contributed by atoms with E-state index in [1.807, 2.05) is 0 Å². The average Bonchev–Trinajstić information content (AvgIpc) is 1.41. The fourth-order valence-electron chi connectivity index (χ4n) is 0. The molecule has 18 heteroatoms. The average molecular weight is 610 g/mol. The summed E-state index contributed by atoms with van der Waals surface area (Å²) in [4.78, 5) is 0. The summed E-state index contributed by atoms with van der Waals surface area (Å²) in [7, 11) is -15.5. The molecule has 112 valence electrons. The van der Waals surface area contributed by atoms with Gasteiger partial charge < -0.3 is 32.8 Å². The molecule has 0 aliphatic carbocycles. The van der Waals surface area contributed by atoms with Crippen LogP contribution in [0.15, 0.2) is 0 Å². The van der Waals surface area contributed by atoms with Crippen molar-refractivity contribution in [2.75, 3.05) is 0 Å². The van der Waals surface area contributed by atoms with E-state index in [4.69, 9.17) is 52.6 Å². The van der Waals surface area contributed by atoms with Gasteiger partial charge in [0.25, 0.3) is 0 Å². The monoisotopic (exact) mass is 612 g/mol. The van der Waals surface area contributed by atoms with Crippen LogP contribution < -0.4 is 0 Å². The van der Waals surface area contributed by atoms with E-state index >= 15 is 0 Å². The van der Waals surface area contributed by atoms with Crippen molar-refractivity contribution < 1.29 is 157 Å². The van der Waals surface area contributed by atoms with Crippen molar-refractivity contribution in [2.45, 2.75) is 0 Å². The Morgan fingerprint density at radius 1 is 0.444 bits per heavy atom. The Balaban J connectivity index is -0.0000000277. The zero-order valence-electron chi connectivity index (χ0n) is 7.38. The van der Waals surface area contributed by atoms with Gasteiger partial charge in [0.1, 0.15) is 0 Å². The van der Waals surface area contributed by atoms with Crippen LogP contribution in [-0.2, 0) is 31.2 Å². The Morgan fingerprint density at radius 2 is 0.444 bits per heavy atom. The second-order valence-corrected chi connectivity index (χ2v) is 3.67. The Labute approximate surface area is 184 Å². The SMILES string of the molecule is O.O=S(=O)([O-])[O-].O=S(=O)([O-])[O-].O=S(=O)([O-])[O-].[Eu+3].[Eu+3]. The predicted octanol–water partition coefficient (Wildman–Crippen LogP) is -4.84. The summed E-state index contributed by atoms with van der Waals surface area (Å²) in [5.74, 6) is 0. The molecule has 0 amide bonds. The third-order valence-corrected chi connectivity index (χ3v) is 0. The summed E-state index contributed by atoms with van der Waals surface area (Å²) in [6.45, 7) is 0. The van der Waals surface area contributed by atoms with Gasteiger partial charge in [0.15, 0.2) is 0 Å². The first kappa shape index (κ1) is 37.2. The van der Waals surface area contributed by atoms with Crippen LogP contribution in [0.4, 0.5) is 0 Å². The van der Waals surface area contributed by atoms with Gasteiger partial charge >= 0.3 is 98.8 Å².